The van der Waals surface area contributed by atoms with Crippen molar-refractivity contribution in [3.05, 3.63) is 29.3 Å². The molecule has 0 spiro atoms. The van der Waals surface area contributed by atoms with Crippen LogP contribution in [0.15, 0.2) is 18.2 Å². The number of anilines is 1. The molecule has 1 N–H and O–H groups in total. The standard InChI is InChI=1S/C19H32N2O2/c1-9-21(18(22)23-19(6,7)8)15(5)16-11-10-14(4)17(12-16)20-13(2)3/h10-13,15,20H,9H2,1-8H3/t15-/m1/s1. The maximum Gasteiger partial charge on any atom is 0.410 e. The molecule has 0 aliphatic carbocycles. The summed E-state index contributed by atoms with van der Waals surface area (Å²) in [5.41, 5.74) is 2.94. The Kier molecular flexibility index (Phi) is 6.48. The topological polar surface area (TPSA) is 41.6 Å². The first-order valence-electron chi connectivity index (χ1n) is 8.41. The lowest BCUT2D eigenvalue weighted by molar-refractivity contribution is 0.0186. The van der Waals surface area contributed by atoms with Crippen molar-refractivity contribution < 1.29 is 9.53 Å². The molecule has 4 heteroatoms. The number of aryl methyl sites for hydroxylation is 1. The molecule has 1 aromatic rings. The number of carbonyl (C=O) groups is 1. The predicted molar refractivity (Wildman–Crippen MR) is 97.0 cm³/mol. The van der Waals surface area contributed by atoms with E-state index < -0.39 is 5.60 Å². The minimum atomic E-state index is -0.484. The van der Waals surface area contributed by atoms with Crippen molar-refractivity contribution in [2.75, 3.05) is 11.9 Å². The monoisotopic (exact) mass is 320 g/mol. The lowest BCUT2D eigenvalue weighted by Gasteiger charge is -2.31. The second kappa shape index (κ2) is 7.71. The zero-order valence-corrected chi connectivity index (χ0v) is 15.9. The molecular weight excluding hydrogens is 288 g/mol. The average Bonchev–Trinajstić information content (AvgIpc) is 2.39. The number of carbonyl (C=O) groups excluding carboxylic acids is 1. The van der Waals surface area contributed by atoms with Crippen molar-refractivity contribution in [3.8, 4) is 0 Å². The number of amides is 1. The average molecular weight is 320 g/mol. The number of rotatable bonds is 5. The Labute approximate surface area is 141 Å². The van der Waals surface area contributed by atoms with Crippen LogP contribution in [-0.2, 0) is 4.74 Å². The van der Waals surface area contributed by atoms with Crippen LogP contribution in [-0.4, -0.2) is 29.2 Å². The molecule has 0 radical (unpaired) electrons. The van der Waals surface area contributed by atoms with Gasteiger partial charge in [-0.3, -0.25) is 0 Å². The van der Waals surface area contributed by atoms with Crippen LogP contribution in [0.25, 0.3) is 0 Å². The molecular formula is C19H32N2O2. The van der Waals surface area contributed by atoms with Crippen LogP contribution >= 0.6 is 0 Å². The van der Waals surface area contributed by atoms with Gasteiger partial charge in [0.1, 0.15) is 5.60 Å². The number of hydrogen-bond donors (Lipinski definition) is 1. The Morgan fingerprint density at radius 3 is 2.35 bits per heavy atom. The third-order valence-electron chi connectivity index (χ3n) is 3.62. The first kappa shape index (κ1) is 19.3. The summed E-state index contributed by atoms with van der Waals surface area (Å²) in [6.07, 6.45) is -0.272. The molecule has 1 aromatic carbocycles. The highest BCUT2D eigenvalue weighted by atomic mass is 16.6. The lowest BCUT2D eigenvalue weighted by Crippen LogP contribution is -2.38. The van der Waals surface area contributed by atoms with Crippen molar-refractivity contribution in [1.82, 2.24) is 4.90 Å². The maximum atomic E-state index is 12.4. The molecule has 1 atom stereocenters. The maximum absolute atomic E-state index is 12.4. The summed E-state index contributed by atoms with van der Waals surface area (Å²) in [6.45, 7) is 16.6. The smallest absolute Gasteiger partial charge is 0.410 e. The quantitative estimate of drug-likeness (QED) is 0.817. The molecule has 0 bridgehead atoms. The Balaban J connectivity index is 3.01. The fraction of sp³-hybridized carbons (Fsp3) is 0.632. The van der Waals surface area contributed by atoms with E-state index in [1.54, 1.807) is 4.90 Å². The van der Waals surface area contributed by atoms with Crippen molar-refractivity contribution in [3.63, 3.8) is 0 Å². The number of nitrogens with one attached hydrogen (secondary N) is 1. The molecule has 0 aromatic heterocycles. The summed E-state index contributed by atoms with van der Waals surface area (Å²) in [5.74, 6) is 0. The number of benzene rings is 1. The number of hydrogen-bond acceptors (Lipinski definition) is 3. The molecule has 0 fully saturated rings. The molecule has 130 valence electrons. The van der Waals surface area contributed by atoms with Crippen molar-refractivity contribution >= 4 is 11.8 Å². The van der Waals surface area contributed by atoms with E-state index in [2.05, 4.69) is 44.3 Å². The fourth-order valence-corrected chi connectivity index (χ4v) is 2.43. The molecule has 1 amide bonds. The lowest BCUT2D eigenvalue weighted by atomic mass is 10.0. The fourth-order valence-electron chi connectivity index (χ4n) is 2.43. The van der Waals surface area contributed by atoms with E-state index >= 15 is 0 Å². The summed E-state index contributed by atoms with van der Waals surface area (Å²) >= 11 is 0. The van der Waals surface area contributed by atoms with E-state index in [4.69, 9.17) is 4.74 Å². The van der Waals surface area contributed by atoms with E-state index in [9.17, 15) is 4.79 Å². The zero-order valence-electron chi connectivity index (χ0n) is 15.9. The molecule has 4 nitrogen and oxygen atoms in total. The molecule has 0 unspecified atom stereocenters. The first-order chi connectivity index (χ1) is 10.5. The van der Waals surface area contributed by atoms with Gasteiger partial charge in [-0.15, -0.1) is 0 Å². The summed E-state index contributed by atoms with van der Waals surface area (Å²) in [6, 6.07) is 6.64. The largest absolute Gasteiger partial charge is 0.444 e. The summed E-state index contributed by atoms with van der Waals surface area (Å²) in [5, 5.41) is 3.46. The van der Waals surface area contributed by atoms with Crippen molar-refractivity contribution in [1.29, 1.82) is 0 Å². The molecule has 23 heavy (non-hydrogen) atoms. The number of ether oxygens (including phenoxy) is 1. The van der Waals surface area contributed by atoms with Gasteiger partial charge in [0.25, 0.3) is 0 Å². The van der Waals surface area contributed by atoms with Crippen molar-refractivity contribution in [2.45, 2.75) is 73.1 Å². The highest BCUT2D eigenvalue weighted by Crippen LogP contribution is 2.27. The van der Waals surface area contributed by atoms with E-state index in [1.807, 2.05) is 34.6 Å². The van der Waals surface area contributed by atoms with Crippen LogP contribution in [0.1, 0.15) is 65.6 Å². The van der Waals surface area contributed by atoms with Gasteiger partial charge in [0, 0.05) is 18.3 Å². The zero-order chi connectivity index (χ0) is 17.8. The summed E-state index contributed by atoms with van der Waals surface area (Å²) < 4.78 is 5.52. The Morgan fingerprint density at radius 1 is 1.26 bits per heavy atom. The van der Waals surface area contributed by atoms with Gasteiger partial charge in [-0.05, 0) is 72.6 Å². The third-order valence-corrected chi connectivity index (χ3v) is 3.62. The van der Waals surface area contributed by atoms with E-state index in [0.29, 0.717) is 12.6 Å². The van der Waals surface area contributed by atoms with Gasteiger partial charge < -0.3 is 15.0 Å². The van der Waals surface area contributed by atoms with E-state index in [-0.39, 0.29) is 12.1 Å². The van der Waals surface area contributed by atoms with Gasteiger partial charge >= 0.3 is 6.09 Å². The number of nitrogens with zero attached hydrogens (tertiary/aromatic N) is 1. The predicted octanol–water partition coefficient (Wildman–Crippen LogP) is 5.13. The Hall–Kier alpha value is -1.71. The van der Waals surface area contributed by atoms with Crippen molar-refractivity contribution in [2.24, 2.45) is 0 Å². The molecule has 0 heterocycles. The minimum absolute atomic E-state index is 0.0387. The highest BCUT2D eigenvalue weighted by molar-refractivity contribution is 5.69. The van der Waals surface area contributed by atoms with Crippen LogP contribution in [0.2, 0.25) is 0 Å². The normalized spacial score (nSPS) is 12.9. The van der Waals surface area contributed by atoms with Crippen LogP contribution in [0.5, 0.6) is 0 Å². The first-order valence-corrected chi connectivity index (χ1v) is 8.41. The van der Waals surface area contributed by atoms with Crippen LogP contribution in [0.4, 0.5) is 10.5 Å². The molecule has 0 saturated carbocycles. The Bertz CT molecular complexity index is 533. The van der Waals surface area contributed by atoms with Gasteiger partial charge in [0.05, 0.1) is 6.04 Å². The highest BCUT2D eigenvalue weighted by Gasteiger charge is 2.25. The van der Waals surface area contributed by atoms with Gasteiger partial charge in [-0.1, -0.05) is 12.1 Å². The minimum Gasteiger partial charge on any atom is -0.444 e. The summed E-state index contributed by atoms with van der Waals surface area (Å²) in [7, 11) is 0. The van der Waals surface area contributed by atoms with Crippen LogP contribution in [0.3, 0.4) is 0 Å². The van der Waals surface area contributed by atoms with Crippen LogP contribution < -0.4 is 5.32 Å². The van der Waals surface area contributed by atoms with Crippen LogP contribution in [0, 0.1) is 6.92 Å². The van der Waals surface area contributed by atoms with Gasteiger partial charge in [0.15, 0.2) is 0 Å². The molecule has 0 aliphatic rings. The third kappa shape index (κ3) is 5.77. The summed E-state index contributed by atoms with van der Waals surface area (Å²) in [4.78, 5) is 14.2. The molecule has 1 rings (SSSR count). The van der Waals surface area contributed by atoms with Gasteiger partial charge in [0.2, 0.25) is 0 Å². The van der Waals surface area contributed by atoms with Gasteiger partial charge in [-0.2, -0.15) is 0 Å². The van der Waals surface area contributed by atoms with E-state index in [0.717, 1.165) is 11.3 Å². The molecule has 0 saturated heterocycles. The second-order valence-corrected chi connectivity index (χ2v) is 7.32. The van der Waals surface area contributed by atoms with E-state index in [1.165, 1.54) is 5.56 Å². The van der Waals surface area contributed by atoms with Gasteiger partial charge in [-0.25, -0.2) is 4.79 Å². The second-order valence-electron chi connectivity index (χ2n) is 7.32. The SMILES string of the molecule is CCN(C(=O)OC(C)(C)C)[C@H](C)c1ccc(C)c(NC(C)C)c1. The Morgan fingerprint density at radius 2 is 1.87 bits per heavy atom. The molecule has 0 aliphatic heterocycles.